The second kappa shape index (κ2) is 12.1. The minimum atomic E-state index is -0.342. The van der Waals surface area contributed by atoms with Crippen molar-refractivity contribution in [1.29, 1.82) is 0 Å². The summed E-state index contributed by atoms with van der Waals surface area (Å²) >= 11 is 12.7. The minimum Gasteiger partial charge on any atom is -0.490 e. The average molecular weight is 427 g/mol. The molecule has 7 heteroatoms. The zero-order chi connectivity index (χ0) is 20.4. The summed E-state index contributed by atoms with van der Waals surface area (Å²) in [4.78, 5) is 0. The largest absolute Gasteiger partial charge is 0.490 e. The van der Waals surface area contributed by atoms with Crippen LogP contribution in [0.5, 0.6) is 11.5 Å². The van der Waals surface area contributed by atoms with Gasteiger partial charge in [-0.05, 0) is 37.6 Å². The summed E-state index contributed by atoms with van der Waals surface area (Å²) in [5.74, 6) is 1.14. The van der Waals surface area contributed by atoms with Gasteiger partial charge in [0, 0.05) is 36.8 Å². The Balaban J connectivity index is 1.97. The lowest BCUT2D eigenvalue weighted by Crippen LogP contribution is -2.31. The lowest BCUT2D eigenvalue weighted by atomic mass is 10.2. The third-order valence-corrected chi connectivity index (χ3v) is 4.60. The first-order chi connectivity index (χ1) is 13.5. The number of halogens is 2. The molecule has 0 aliphatic heterocycles. The zero-order valence-electron chi connectivity index (χ0n) is 16.3. The van der Waals surface area contributed by atoms with E-state index in [-0.39, 0.29) is 6.10 Å². The van der Waals surface area contributed by atoms with Gasteiger partial charge >= 0.3 is 0 Å². The Bertz CT molecular complexity index is 742. The van der Waals surface area contributed by atoms with E-state index in [0.29, 0.717) is 47.8 Å². The van der Waals surface area contributed by atoms with Crippen molar-refractivity contribution in [2.24, 2.45) is 0 Å². The first-order valence-electron chi connectivity index (χ1n) is 9.42. The minimum absolute atomic E-state index is 0.312. The van der Waals surface area contributed by atoms with Crippen LogP contribution in [0.15, 0.2) is 36.4 Å². The Morgan fingerprint density at radius 3 is 2.50 bits per heavy atom. The molecular weight excluding hydrogens is 399 g/mol. The van der Waals surface area contributed by atoms with Gasteiger partial charge in [0.2, 0.25) is 0 Å². The standard InChI is InChI=1S/C21H28Cl2N2O3/c1-3-27-20-11-16(13-25-9-8-24-12-15(2)26)10-19(23)21(20)28-14-17-6-4-5-7-18(17)22/h4-7,10-11,15,24-26H,3,8-9,12-14H2,1-2H3/t15-/m0/s1. The van der Waals surface area contributed by atoms with Crippen LogP contribution in [0.3, 0.4) is 0 Å². The monoisotopic (exact) mass is 426 g/mol. The number of hydrogen-bond acceptors (Lipinski definition) is 5. The maximum atomic E-state index is 9.23. The van der Waals surface area contributed by atoms with E-state index in [9.17, 15) is 5.11 Å². The van der Waals surface area contributed by atoms with Gasteiger partial charge in [0.25, 0.3) is 0 Å². The molecule has 28 heavy (non-hydrogen) atoms. The third-order valence-electron chi connectivity index (χ3n) is 3.95. The summed E-state index contributed by atoms with van der Waals surface area (Å²) in [6, 6.07) is 11.4. The fourth-order valence-corrected chi connectivity index (χ4v) is 3.09. The van der Waals surface area contributed by atoms with Crippen molar-refractivity contribution in [3.63, 3.8) is 0 Å². The van der Waals surface area contributed by atoms with Crippen molar-refractivity contribution < 1.29 is 14.6 Å². The SMILES string of the molecule is CCOc1cc(CNCCNC[C@H](C)O)cc(Cl)c1OCc1ccccc1Cl. The van der Waals surface area contributed by atoms with Crippen LogP contribution in [0, 0.1) is 0 Å². The van der Waals surface area contributed by atoms with Crippen molar-refractivity contribution in [1.82, 2.24) is 10.6 Å². The summed E-state index contributed by atoms with van der Waals surface area (Å²) in [7, 11) is 0. The van der Waals surface area contributed by atoms with Crippen LogP contribution >= 0.6 is 23.2 Å². The smallest absolute Gasteiger partial charge is 0.180 e. The first-order valence-corrected chi connectivity index (χ1v) is 10.2. The van der Waals surface area contributed by atoms with Crippen LogP contribution < -0.4 is 20.1 Å². The van der Waals surface area contributed by atoms with Gasteiger partial charge in [0.05, 0.1) is 17.7 Å². The molecule has 0 aliphatic carbocycles. The quantitative estimate of drug-likeness (QED) is 0.447. The Hall–Kier alpha value is -1.50. The highest BCUT2D eigenvalue weighted by atomic mass is 35.5. The summed E-state index contributed by atoms with van der Waals surface area (Å²) in [5.41, 5.74) is 1.90. The van der Waals surface area contributed by atoms with Crippen molar-refractivity contribution in [3.8, 4) is 11.5 Å². The molecule has 0 aromatic heterocycles. The van der Waals surface area contributed by atoms with Crippen LogP contribution in [0.4, 0.5) is 0 Å². The van der Waals surface area contributed by atoms with Gasteiger partial charge in [-0.1, -0.05) is 41.4 Å². The molecule has 0 saturated heterocycles. The fourth-order valence-electron chi connectivity index (χ4n) is 2.61. The first kappa shape index (κ1) is 22.8. The molecule has 2 aromatic rings. The van der Waals surface area contributed by atoms with Gasteiger partial charge in [-0.3, -0.25) is 0 Å². The van der Waals surface area contributed by atoms with Gasteiger partial charge in [-0.25, -0.2) is 0 Å². The van der Waals surface area contributed by atoms with E-state index in [0.717, 1.165) is 24.2 Å². The Labute approximate surface area is 177 Å². The van der Waals surface area contributed by atoms with Crippen LogP contribution in [0.2, 0.25) is 10.0 Å². The maximum absolute atomic E-state index is 9.23. The molecule has 0 aliphatic rings. The highest BCUT2D eigenvalue weighted by Gasteiger charge is 2.13. The second-order valence-electron chi connectivity index (χ2n) is 6.45. The molecule has 0 radical (unpaired) electrons. The molecule has 0 saturated carbocycles. The molecule has 5 nitrogen and oxygen atoms in total. The van der Waals surface area contributed by atoms with Crippen molar-refractivity contribution in [2.45, 2.75) is 33.1 Å². The van der Waals surface area contributed by atoms with E-state index in [1.165, 1.54) is 0 Å². The number of aliphatic hydroxyl groups excluding tert-OH is 1. The van der Waals surface area contributed by atoms with Gasteiger partial charge in [-0.15, -0.1) is 0 Å². The van der Waals surface area contributed by atoms with Crippen molar-refractivity contribution in [2.75, 3.05) is 26.2 Å². The molecular formula is C21H28Cl2N2O3. The Morgan fingerprint density at radius 1 is 1.04 bits per heavy atom. The molecule has 1 atom stereocenters. The summed E-state index contributed by atoms with van der Waals surface area (Å²) in [5, 5.41) is 16.9. The zero-order valence-corrected chi connectivity index (χ0v) is 17.8. The molecule has 2 aromatic carbocycles. The summed E-state index contributed by atoms with van der Waals surface area (Å²) in [6.07, 6.45) is -0.342. The average Bonchev–Trinajstić information content (AvgIpc) is 2.65. The molecule has 0 fully saturated rings. The number of nitrogens with one attached hydrogen (secondary N) is 2. The Morgan fingerprint density at radius 2 is 1.79 bits per heavy atom. The van der Waals surface area contributed by atoms with Crippen LogP contribution in [-0.2, 0) is 13.2 Å². The molecule has 3 N–H and O–H groups in total. The summed E-state index contributed by atoms with van der Waals surface area (Å²) < 4.78 is 11.7. The van der Waals surface area contributed by atoms with Gasteiger partial charge in [0.15, 0.2) is 11.5 Å². The second-order valence-corrected chi connectivity index (χ2v) is 7.26. The predicted octanol–water partition coefficient (Wildman–Crippen LogP) is 4.03. The van der Waals surface area contributed by atoms with Gasteiger partial charge in [0.1, 0.15) is 6.61 Å². The number of ether oxygens (including phenoxy) is 2. The van der Waals surface area contributed by atoms with Crippen LogP contribution in [0.25, 0.3) is 0 Å². The summed E-state index contributed by atoms with van der Waals surface area (Å²) in [6.45, 7) is 7.29. The molecule has 0 heterocycles. The van der Waals surface area contributed by atoms with Gasteiger partial charge in [-0.2, -0.15) is 0 Å². The third kappa shape index (κ3) is 7.49. The lowest BCUT2D eigenvalue weighted by molar-refractivity contribution is 0.191. The van der Waals surface area contributed by atoms with Crippen molar-refractivity contribution >= 4 is 23.2 Å². The molecule has 0 unspecified atom stereocenters. The molecule has 0 spiro atoms. The highest BCUT2D eigenvalue weighted by molar-refractivity contribution is 6.32. The van der Waals surface area contributed by atoms with E-state index in [1.54, 1.807) is 6.92 Å². The number of benzene rings is 2. The topological polar surface area (TPSA) is 62.8 Å². The number of rotatable bonds is 12. The van der Waals surface area contributed by atoms with E-state index < -0.39 is 0 Å². The maximum Gasteiger partial charge on any atom is 0.180 e. The Kier molecular flexibility index (Phi) is 9.88. The normalized spacial score (nSPS) is 12.0. The predicted molar refractivity (Wildman–Crippen MR) is 115 cm³/mol. The van der Waals surface area contributed by atoms with Crippen LogP contribution in [0.1, 0.15) is 25.0 Å². The van der Waals surface area contributed by atoms with E-state index in [2.05, 4.69) is 10.6 Å². The van der Waals surface area contributed by atoms with E-state index in [4.69, 9.17) is 32.7 Å². The molecule has 154 valence electrons. The number of hydrogen-bond donors (Lipinski definition) is 3. The molecule has 2 rings (SSSR count). The molecule has 0 bridgehead atoms. The van der Waals surface area contributed by atoms with Gasteiger partial charge < -0.3 is 25.2 Å². The number of aliphatic hydroxyl groups is 1. The molecule has 0 amide bonds. The van der Waals surface area contributed by atoms with Crippen molar-refractivity contribution in [3.05, 3.63) is 57.6 Å². The van der Waals surface area contributed by atoms with E-state index in [1.807, 2.05) is 43.3 Å². The fraction of sp³-hybridized carbons (Fsp3) is 0.429. The highest BCUT2D eigenvalue weighted by Crippen LogP contribution is 2.37. The van der Waals surface area contributed by atoms with E-state index >= 15 is 0 Å². The lowest BCUT2D eigenvalue weighted by Gasteiger charge is -2.16. The van der Waals surface area contributed by atoms with Crippen LogP contribution in [-0.4, -0.2) is 37.5 Å².